The molecule has 0 saturated carbocycles. The van der Waals surface area contributed by atoms with Gasteiger partial charge in [-0.1, -0.05) is 18.2 Å². The first kappa shape index (κ1) is 21.3. The van der Waals surface area contributed by atoms with Crippen LogP contribution in [-0.4, -0.2) is 43.4 Å². The molecule has 32 heavy (non-hydrogen) atoms. The summed E-state index contributed by atoms with van der Waals surface area (Å²) in [6.45, 7) is 1.23. The van der Waals surface area contributed by atoms with Crippen molar-refractivity contribution in [1.29, 1.82) is 0 Å². The van der Waals surface area contributed by atoms with Crippen molar-refractivity contribution in [1.82, 2.24) is 29.7 Å². The molecule has 0 amide bonds. The fourth-order valence-electron chi connectivity index (χ4n) is 4.10. The summed E-state index contributed by atoms with van der Waals surface area (Å²) in [5.41, 5.74) is 8.76. The average molecular weight is 468 g/mol. The van der Waals surface area contributed by atoms with Crippen LogP contribution < -0.4 is 5.73 Å². The molecule has 0 spiro atoms. The third kappa shape index (κ3) is 4.22. The summed E-state index contributed by atoms with van der Waals surface area (Å²) in [6, 6.07) is 3.86. The van der Waals surface area contributed by atoms with E-state index >= 15 is 0 Å². The van der Waals surface area contributed by atoms with Gasteiger partial charge in [-0.2, -0.15) is 0 Å². The molecule has 0 saturated heterocycles. The number of thiophene rings is 1. The molecule has 2 N–H and O–H groups in total. The van der Waals surface area contributed by atoms with Gasteiger partial charge in [-0.05, 0) is 43.4 Å². The van der Waals surface area contributed by atoms with Crippen molar-refractivity contribution in [2.24, 2.45) is 0 Å². The highest BCUT2D eigenvalue weighted by Crippen LogP contribution is 2.37. The average Bonchev–Trinajstić information content (AvgIpc) is 3.30. The lowest BCUT2D eigenvalue weighted by Gasteiger charge is -2.09. The Morgan fingerprint density at radius 1 is 1.12 bits per heavy atom. The Hall–Kier alpha value is -2.56. The minimum Gasteiger partial charge on any atom is -0.383 e. The van der Waals surface area contributed by atoms with Crippen LogP contribution in [0.5, 0.6) is 0 Å². The van der Waals surface area contributed by atoms with E-state index in [1.807, 2.05) is 12.1 Å². The summed E-state index contributed by atoms with van der Waals surface area (Å²) in [7, 11) is 1.69. The third-order valence-electron chi connectivity index (χ3n) is 5.64. The quantitative estimate of drug-likeness (QED) is 0.319. The van der Waals surface area contributed by atoms with Gasteiger partial charge in [-0.25, -0.2) is 9.97 Å². The molecule has 4 heterocycles. The summed E-state index contributed by atoms with van der Waals surface area (Å²) >= 11 is 3.35. The summed E-state index contributed by atoms with van der Waals surface area (Å²) in [5.74, 6) is 2.70. The molecular weight excluding hydrogens is 442 g/mol. The molecule has 4 aromatic rings. The van der Waals surface area contributed by atoms with Crippen LogP contribution in [-0.2, 0) is 29.9 Å². The maximum absolute atomic E-state index is 6.41. The van der Waals surface area contributed by atoms with E-state index in [4.69, 9.17) is 15.5 Å². The fourth-order valence-corrected chi connectivity index (χ4v) is 6.20. The van der Waals surface area contributed by atoms with Crippen LogP contribution in [0, 0.1) is 0 Å². The van der Waals surface area contributed by atoms with E-state index in [2.05, 4.69) is 24.7 Å². The van der Waals surface area contributed by atoms with Gasteiger partial charge in [0.2, 0.25) is 0 Å². The van der Waals surface area contributed by atoms with E-state index in [1.165, 1.54) is 29.7 Å². The number of nitrogens with zero attached hydrogens (tertiary/aromatic N) is 6. The lowest BCUT2D eigenvalue weighted by molar-refractivity contribution is 0.185. The molecule has 5 rings (SSSR count). The maximum Gasteiger partial charge on any atom is 0.192 e. The lowest BCUT2D eigenvalue weighted by Crippen LogP contribution is -2.08. The van der Waals surface area contributed by atoms with Crippen molar-refractivity contribution in [2.75, 3.05) is 19.5 Å². The zero-order chi connectivity index (χ0) is 21.9. The number of aromatic nitrogens is 6. The number of hydrogen-bond donors (Lipinski definition) is 1. The lowest BCUT2D eigenvalue weighted by atomic mass is 10.1. The van der Waals surface area contributed by atoms with Gasteiger partial charge in [0.05, 0.1) is 24.3 Å². The maximum atomic E-state index is 6.41. The second-order valence-electron chi connectivity index (χ2n) is 7.74. The van der Waals surface area contributed by atoms with Gasteiger partial charge < -0.3 is 10.5 Å². The number of anilines is 1. The van der Waals surface area contributed by atoms with E-state index in [-0.39, 0.29) is 0 Å². The summed E-state index contributed by atoms with van der Waals surface area (Å²) < 4.78 is 7.37. The van der Waals surface area contributed by atoms with E-state index in [9.17, 15) is 0 Å². The predicted molar refractivity (Wildman–Crippen MR) is 128 cm³/mol. The van der Waals surface area contributed by atoms with Gasteiger partial charge in [0, 0.05) is 29.9 Å². The SMILES string of the molecule is COCCn1c(SCc2nc(N)c3c4c(sc3n2)CCCCC4)nnc1-c1ccncc1. The van der Waals surface area contributed by atoms with Gasteiger partial charge in [0.25, 0.3) is 0 Å². The predicted octanol–water partition coefficient (Wildman–Crippen LogP) is 4.13. The van der Waals surface area contributed by atoms with E-state index < -0.39 is 0 Å². The number of pyridine rings is 1. The molecule has 0 atom stereocenters. The van der Waals surface area contributed by atoms with Gasteiger partial charge in [0.1, 0.15) is 16.5 Å². The number of hydrogen-bond acceptors (Lipinski definition) is 9. The molecule has 0 fully saturated rings. The second-order valence-corrected chi connectivity index (χ2v) is 9.77. The third-order valence-corrected chi connectivity index (χ3v) is 7.79. The summed E-state index contributed by atoms with van der Waals surface area (Å²) in [5, 5.41) is 10.7. The monoisotopic (exact) mass is 467 g/mol. The molecule has 1 aliphatic carbocycles. The normalized spacial score (nSPS) is 13.9. The van der Waals surface area contributed by atoms with Gasteiger partial charge in [-0.3, -0.25) is 9.55 Å². The Balaban J connectivity index is 1.41. The zero-order valence-corrected chi connectivity index (χ0v) is 19.6. The number of fused-ring (bicyclic) bond motifs is 3. The Morgan fingerprint density at radius 2 is 1.97 bits per heavy atom. The van der Waals surface area contributed by atoms with Crippen LogP contribution in [0.25, 0.3) is 21.6 Å². The highest BCUT2D eigenvalue weighted by molar-refractivity contribution is 7.98. The Bertz CT molecular complexity index is 1220. The zero-order valence-electron chi connectivity index (χ0n) is 18.0. The Morgan fingerprint density at radius 3 is 2.81 bits per heavy atom. The standard InChI is InChI=1S/C22H25N7OS2/c1-30-12-11-29-20(14-7-9-24-10-8-14)27-28-22(29)31-13-17-25-19(23)18-15-5-3-2-4-6-16(15)32-21(18)26-17/h7-10H,2-6,11-13H2,1H3,(H2,23,25,26). The summed E-state index contributed by atoms with van der Waals surface area (Å²) in [4.78, 5) is 16.0. The molecule has 0 radical (unpaired) electrons. The molecule has 0 bridgehead atoms. The van der Waals surface area contributed by atoms with Gasteiger partial charge in [-0.15, -0.1) is 21.5 Å². The van der Waals surface area contributed by atoms with Crippen LogP contribution in [0.3, 0.4) is 0 Å². The highest BCUT2D eigenvalue weighted by Gasteiger charge is 2.20. The fraction of sp³-hybridized carbons (Fsp3) is 0.409. The topological polar surface area (TPSA) is 105 Å². The first-order valence-electron chi connectivity index (χ1n) is 10.8. The molecule has 0 aromatic carbocycles. The van der Waals surface area contributed by atoms with Crippen molar-refractivity contribution in [3.05, 3.63) is 40.8 Å². The van der Waals surface area contributed by atoms with Gasteiger partial charge >= 0.3 is 0 Å². The molecule has 0 unspecified atom stereocenters. The van der Waals surface area contributed by atoms with E-state index in [1.54, 1.807) is 42.6 Å². The minimum absolute atomic E-state index is 0.569. The molecule has 4 aromatic heterocycles. The largest absolute Gasteiger partial charge is 0.383 e. The smallest absolute Gasteiger partial charge is 0.192 e. The molecule has 8 nitrogen and oxygen atoms in total. The minimum atomic E-state index is 0.569. The van der Waals surface area contributed by atoms with E-state index in [0.717, 1.165) is 45.4 Å². The number of nitrogens with two attached hydrogens (primary N) is 1. The first-order valence-corrected chi connectivity index (χ1v) is 12.6. The van der Waals surface area contributed by atoms with Gasteiger partial charge in [0.15, 0.2) is 11.0 Å². The van der Waals surface area contributed by atoms with Crippen LogP contribution in [0.4, 0.5) is 5.82 Å². The first-order chi connectivity index (χ1) is 15.7. The summed E-state index contributed by atoms with van der Waals surface area (Å²) in [6.07, 6.45) is 9.46. The van der Waals surface area contributed by atoms with Crippen LogP contribution >= 0.6 is 23.1 Å². The van der Waals surface area contributed by atoms with Crippen molar-refractivity contribution >= 4 is 39.1 Å². The molecule has 10 heteroatoms. The number of aryl methyl sites for hydroxylation is 2. The number of rotatable bonds is 7. The van der Waals surface area contributed by atoms with Crippen molar-refractivity contribution in [3.63, 3.8) is 0 Å². The number of nitrogen functional groups attached to an aromatic ring is 1. The highest BCUT2D eigenvalue weighted by atomic mass is 32.2. The molecule has 1 aliphatic rings. The van der Waals surface area contributed by atoms with Crippen molar-refractivity contribution in [2.45, 2.75) is 49.6 Å². The number of thioether (sulfide) groups is 1. The van der Waals surface area contributed by atoms with Crippen LogP contribution in [0.2, 0.25) is 0 Å². The van der Waals surface area contributed by atoms with Crippen molar-refractivity contribution < 1.29 is 4.74 Å². The van der Waals surface area contributed by atoms with Crippen LogP contribution in [0.15, 0.2) is 29.7 Å². The van der Waals surface area contributed by atoms with Crippen LogP contribution in [0.1, 0.15) is 35.5 Å². The Labute approximate surface area is 194 Å². The van der Waals surface area contributed by atoms with Crippen molar-refractivity contribution in [3.8, 4) is 11.4 Å². The molecule has 0 aliphatic heterocycles. The second kappa shape index (κ2) is 9.51. The number of methoxy groups -OCH3 is 1. The number of ether oxygens (including phenoxy) is 1. The van der Waals surface area contributed by atoms with E-state index in [0.29, 0.717) is 24.7 Å². The molecule has 166 valence electrons. The Kier molecular flexibility index (Phi) is 6.33. The molecular formula is C22H25N7OS2.